The lowest BCUT2D eigenvalue weighted by Crippen LogP contribution is -2.54. The smallest absolute Gasteiger partial charge is 0.225 e. The normalized spacial score (nSPS) is 21.0. The Morgan fingerprint density at radius 1 is 1.24 bits per heavy atom. The molecule has 0 aliphatic carbocycles. The first-order valence-corrected chi connectivity index (χ1v) is 7.66. The quantitative estimate of drug-likeness (QED) is 0.912. The van der Waals surface area contributed by atoms with Gasteiger partial charge in [-0.3, -0.25) is 4.79 Å². The molecule has 0 bridgehead atoms. The van der Waals surface area contributed by atoms with Gasteiger partial charge in [-0.05, 0) is 31.1 Å². The molecule has 0 radical (unpaired) electrons. The van der Waals surface area contributed by atoms with Gasteiger partial charge in [0.25, 0.3) is 0 Å². The van der Waals surface area contributed by atoms with Gasteiger partial charge in [0.2, 0.25) is 5.91 Å². The molecule has 21 heavy (non-hydrogen) atoms. The minimum Gasteiger partial charge on any atom is -0.366 e. The van der Waals surface area contributed by atoms with Crippen LogP contribution in [0.2, 0.25) is 0 Å². The molecule has 1 amide bonds. The highest BCUT2D eigenvalue weighted by Gasteiger charge is 2.33. The Hall–Kier alpha value is -1.62. The van der Waals surface area contributed by atoms with Gasteiger partial charge in [-0.2, -0.15) is 0 Å². The van der Waals surface area contributed by atoms with Gasteiger partial charge in [-0.15, -0.1) is 0 Å². The highest BCUT2D eigenvalue weighted by atomic mass is 19.1. The summed E-state index contributed by atoms with van der Waals surface area (Å²) in [6, 6.07) is 6.84. The van der Waals surface area contributed by atoms with E-state index in [0.29, 0.717) is 37.8 Å². The highest BCUT2D eigenvalue weighted by Crippen LogP contribution is 2.22. The average Bonchev–Trinajstić information content (AvgIpc) is 2.45. The Morgan fingerprint density at radius 3 is 2.48 bits per heavy atom. The van der Waals surface area contributed by atoms with E-state index in [0.717, 1.165) is 13.1 Å². The number of nitrogens with zero attached hydrogens (tertiary/aromatic N) is 2. The molecule has 4 nitrogen and oxygen atoms in total. The van der Waals surface area contributed by atoms with Crippen LogP contribution in [0.25, 0.3) is 0 Å². The van der Waals surface area contributed by atoms with Crippen molar-refractivity contribution in [1.29, 1.82) is 0 Å². The number of hydrogen-bond acceptors (Lipinski definition) is 3. The third-order valence-corrected chi connectivity index (χ3v) is 4.69. The van der Waals surface area contributed by atoms with Crippen molar-refractivity contribution in [2.75, 3.05) is 44.2 Å². The van der Waals surface area contributed by atoms with E-state index >= 15 is 0 Å². The van der Waals surface area contributed by atoms with E-state index in [1.54, 1.807) is 12.1 Å². The number of nitrogens with one attached hydrogen (secondary N) is 1. The second-order valence-electron chi connectivity index (χ2n) is 5.97. The molecule has 2 fully saturated rings. The van der Waals surface area contributed by atoms with Gasteiger partial charge in [0.1, 0.15) is 5.82 Å². The van der Waals surface area contributed by atoms with Crippen LogP contribution in [0.1, 0.15) is 6.92 Å². The third-order valence-electron chi connectivity index (χ3n) is 4.69. The van der Waals surface area contributed by atoms with Crippen molar-refractivity contribution in [2.24, 2.45) is 11.8 Å². The number of halogens is 1. The minimum absolute atomic E-state index is 0.0891. The number of piperazine rings is 1. The van der Waals surface area contributed by atoms with Crippen LogP contribution < -0.4 is 10.2 Å². The molecule has 1 aromatic carbocycles. The number of hydrogen-bond donors (Lipinski definition) is 1. The van der Waals surface area contributed by atoms with Crippen molar-refractivity contribution in [3.8, 4) is 0 Å². The van der Waals surface area contributed by atoms with Gasteiger partial charge in [-0.25, -0.2) is 4.39 Å². The Labute approximate surface area is 124 Å². The molecule has 2 saturated heterocycles. The van der Waals surface area contributed by atoms with Crippen LogP contribution in [0.4, 0.5) is 10.1 Å². The van der Waals surface area contributed by atoms with Crippen molar-refractivity contribution in [1.82, 2.24) is 10.2 Å². The SMILES string of the molecule is CC(C(=O)N1CCN(c2ccccc2F)CC1)C1CNC1. The number of carbonyl (C=O) groups is 1. The molecule has 0 spiro atoms. The zero-order chi connectivity index (χ0) is 14.8. The summed E-state index contributed by atoms with van der Waals surface area (Å²) >= 11 is 0. The molecule has 2 aliphatic heterocycles. The lowest BCUT2D eigenvalue weighted by molar-refractivity contribution is -0.137. The molecule has 1 atom stereocenters. The Morgan fingerprint density at radius 2 is 1.90 bits per heavy atom. The summed E-state index contributed by atoms with van der Waals surface area (Å²) in [6.45, 7) is 6.67. The van der Waals surface area contributed by atoms with Crippen molar-refractivity contribution in [3.63, 3.8) is 0 Å². The van der Waals surface area contributed by atoms with Gasteiger partial charge in [0.05, 0.1) is 5.69 Å². The average molecular weight is 291 g/mol. The summed E-state index contributed by atoms with van der Waals surface area (Å²) in [5.41, 5.74) is 0.640. The van der Waals surface area contributed by atoms with Crippen LogP contribution in [-0.2, 0) is 4.79 Å². The number of benzene rings is 1. The van der Waals surface area contributed by atoms with Crippen molar-refractivity contribution in [3.05, 3.63) is 30.1 Å². The molecule has 1 unspecified atom stereocenters. The van der Waals surface area contributed by atoms with Crippen LogP contribution in [-0.4, -0.2) is 50.1 Å². The summed E-state index contributed by atoms with van der Waals surface area (Å²) < 4.78 is 13.8. The molecular formula is C16H22FN3O. The second-order valence-corrected chi connectivity index (χ2v) is 5.97. The molecule has 0 saturated carbocycles. The van der Waals surface area contributed by atoms with E-state index in [1.165, 1.54) is 6.07 Å². The fraction of sp³-hybridized carbons (Fsp3) is 0.562. The summed E-state index contributed by atoms with van der Waals surface area (Å²) in [5, 5.41) is 3.21. The first-order chi connectivity index (χ1) is 10.2. The van der Waals surface area contributed by atoms with Gasteiger partial charge in [-0.1, -0.05) is 19.1 Å². The summed E-state index contributed by atoms with van der Waals surface area (Å²) in [7, 11) is 0. The number of anilines is 1. The van der Waals surface area contributed by atoms with E-state index in [2.05, 4.69) is 5.32 Å². The molecule has 3 rings (SSSR count). The number of rotatable bonds is 3. The van der Waals surface area contributed by atoms with E-state index in [1.807, 2.05) is 22.8 Å². The maximum absolute atomic E-state index is 13.8. The summed E-state index contributed by atoms with van der Waals surface area (Å²) in [5.74, 6) is 0.620. The topological polar surface area (TPSA) is 35.6 Å². The second kappa shape index (κ2) is 6.02. The fourth-order valence-electron chi connectivity index (χ4n) is 3.03. The van der Waals surface area contributed by atoms with Crippen LogP contribution in [0, 0.1) is 17.7 Å². The lowest BCUT2D eigenvalue weighted by atomic mass is 9.88. The van der Waals surface area contributed by atoms with E-state index in [-0.39, 0.29) is 17.6 Å². The number of carbonyl (C=O) groups excluding carboxylic acids is 1. The number of amides is 1. The molecule has 0 aromatic heterocycles. The zero-order valence-electron chi connectivity index (χ0n) is 12.4. The van der Waals surface area contributed by atoms with Crippen LogP contribution in [0.15, 0.2) is 24.3 Å². The van der Waals surface area contributed by atoms with Crippen molar-refractivity contribution >= 4 is 11.6 Å². The van der Waals surface area contributed by atoms with Crippen LogP contribution in [0.3, 0.4) is 0 Å². The highest BCUT2D eigenvalue weighted by molar-refractivity contribution is 5.79. The van der Waals surface area contributed by atoms with Crippen molar-refractivity contribution < 1.29 is 9.18 Å². The van der Waals surface area contributed by atoms with E-state index in [4.69, 9.17) is 0 Å². The predicted molar refractivity (Wildman–Crippen MR) is 80.7 cm³/mol. The van der Waals surface area contributed by atoms with Gasteiger partial charge in [0, 0.05) is 32.1 Å². The molecule has 5 heteroatoms. The maximum Gasteiger partial charge on any atom is 0.225 e. The minimum atomic E-state index is -0.189. The molecule has 1 N–H and O–H groups in total. The lowest BCUT2D eigenvalue weighted by Gasteiger charge is -2.40. The Balaban J connectivity index is 1.57. The molecular weight excluding hydrogens is 269 g/mol. The van der Waals surface area contributed by atoms with Crippen LogP contribution >= 0.6 is 0 Å². The largest absolute Gasteiger partial charge is 0.366 e. The van der Waals surface area contributed by atoms with Gasteiger partial charge >= 0.3 is 0 Å². The van der Waals surface area contributed by atoms with E-state index in [9.17, 15) is 9.18 Å². The van der Waals surface area contributed by atoms with Crippen LogP contribution in [0.5, 0.6) is 0 Å². The standard InChI is InChI=1S/C16H22FN3O/c1-12(13-10-18-11-13)16(21)20-8-6-19(7-9-20)15-5-3-2-4-14(15)17/h2-5,12-13,18H,6-11H2,1H3. The molecule has 1 aromatic rings. The first kappa shape index (κ1) is 14.3. The monoisotopic (exact) mass is 291 g/mol. The number of para-hydroxylation sites is 1. The Kier molecular flexibility index (Phi) is 4.10. The molecule has 2 heterocycles. The zero-order valence-corrected chi connectivity index (χ0v) is 12.4. The first-order valence-electron chi connectivity index (χ1n) is 7.66. The fourth-order valence-corrected chi connectivity index (χ4v) is 3.03. The van der Waals surface area contributed by atoms with Gasteiger partial charge in [0.15, 0.2) is 0 Å². The Bertz CT molecular complexity index is 510. The molecule has 114 valence electrons. The van der Waals surface area contributed by atoms with Gasteiger partial charge < -0.3 is 15.1 Å². The third kappa shape index (κ3) is 2.88. The van der Waals surface area contributed by atoms with Crippen molar-refractivity contribution in [2.45, 2.75) is 6.92 Å². The molecule has 2 aliphatic rings. The maximum atomic E-state index is 13.8. The van der Waals surface area contributed by atoms with E-state index < -0.39 is 0 Å². The predicted octanol–water partition coefficient (Wildman–Crippen LogP) is 1.33. The summed E-state index contributed by atoms with van der Waals surface area (Å²) in [4.78, 5) is 16.4. The summed E-state index contributed by atoms with van der Waals surface area (Å²) in [6.07, 6.45) is 0.